The first-order valence-corrected chi connectivity index (χ1v) is 6.12. The van der Waals surface area contributed by atoms with Crippen LogP contribution in [0.15, 0.2) is 18.2 Å². The van der Waals surface area contributed by atoms with Crippen molar-refractivity contribution in [3.05, 3.63) is 29.3 Å². The van der Waals surface area contributed by atoms with Crippen LogP contribution in [0.25, 0.3) is 0 Å². The Labute approximate surface area is 115 Å². The molecule has 0 saturated carbocycles. The van der Waals surface area contributed by atoms with Crippen LogP contribution in [0, 0.1) is 0 Å². The topological polar surface area (TPSA) is 58.4 Å². The lowest BCUT2D eigenvalue weighted by molar-refractivity contribution is -0.136. The number of amides is 1. The zero-order chi connectivity index (χ0) is 15.3. The first kappa shape index (κ1) is 16.3. The summed E-state index contributed by atoms with van der Waals surface area (Å²) in [7, 11) is 3.79. The largest absolute Gasteiger partial charge is 0.418 e. The number of nitrogens with zero attached hydrogens (tertiary/aromatic N) is 1. The molecule has 1 amide bonds. The van der Waals surface area contributed by atoms with Crippen LogP contribution >= 0.6 is 0 Å². The number of halogens is 3. The summed E-state index contributed by atoms with van der Waals surface area (Å²) in [6.45, 7) is 1.16. The van der Waals surface area contributed by atoms with E-state index in [4.69, 9.17) is 5.73 Å². The van der Waals surface area contributed by atoms with Gasteiger partial charge < -0.3 is 16.0 Å². The number of para-hydroxylation sites is 1. The van der Waals surface area contributed by atoms with Crippen molar-refractivity contribution in [1.82, 2.24) is 10.2 Å². The highest BCUT2D eigenvalue weighted by molar-refractivity contribution is 5.99. The molecule has 0 unspecified atom stereocenters. The number of nitrogens with one attached hydrogen (secondary N) is 1. The standard InChI is InChI=1S/C13H18F3N3O/c1-19(2)8-4-7-18-12(20)9-5-3-6-10(11(9)17)13(14,15)16/h3,5-6H,4,7-8,17H2,1-2H3,(H,18,20). The lowest BCUT2D eigenvalue weighted by Crippen LogP contribution is -2.28. The molecule has 1 aromatic rings. The molecule has 0 aliphatic carbocycles. The Kier molecular flexibility index (Phi) is 5.38. The monoisotopic (exact) mass is 289 g/mol. The molecule has 0 radical (unpaired) electrons. The van der Waals surface area contributed by atoms with Gasteiger partial charge in [-0.2, -0.15) is 13.2 Å². The molecule has 1 aromatic carbocycles. The first-order chi connectivity index (χ1) is 9.23. The first-order valence-electron chi connectivity index (χ1n) is 6.12. The van der Waals surface area contributed by atoms with E-state index < -0.39 is 23.3 Å². The lowest BCUT2D eigenvalue weighted by Gasteiger charge is -2.14. The Morgan fingerprint density at radius 1 is 1.35 bits per heavy atom. The number of benzene rings is 1. The van der Waals surface area contributed by atoms with Crippen molar-refractivity contribution < 1.29 is 18.0 Å². The fraction of sp³-hybridized carbons (Fsp3) is 0.462. The molecule has 7 heteroatoms. The van der Waals surface area contributed by atoms with E-state index in [1.54, 1.807) is 0 Å². The van der Waals surface area contributed by atoms with E-state index in [9.17, 15) is 18.0 Å². The summed E-state index contributed by atoms with van der Waals surface area (Å²) in [6, 6.07) is 3.32. The average molecular weight is 289 g/mol. The number of nitrogen functional groups attached to an aromatic ring is 1. The number of nitrogens with two attached hydrogens (primary N) is 1. The van der Waals surface area contributed by atoms with Gasteiger partial charge in [-0.15, -0.1) is 0 Å². The van der Waals surface area contributed by atoms with Crippen LogP contribution in [0.5, 0.6) is 0 Å². The van der Waals surface area contributed by atoms with E-state index in [0.29, 0.717) is 13.0 Å². The average Bonchev–Trinajstić information content (AvgIpc) is 2.33. The molecule has 0 spiro atoms. The number of hydrogen-bond donors (Lipinski definition) is 2. The van der Waals surface area contributed by atoms with E-state index >= 15 is 0 Å². The zero-order valence-electron chi connectivity index (χ0n) is 11.4. The van der Waals surface area contributed by atoms with Crippen LogP contribution in [0.3, 0.4) is 0 Å². The number of rotatable bonds is 5. The summed E-state index contributed by atoms with van der Waals surface area (Å²) in [5, 5.41) is 2.56. The Bertz CT molecular complexity index is 472. The molecule has 0 heterocycles. The second-order valence-corrected chi connectivity index (χ2v) is 4.68. The van der Waals surface area contributed by atoms with Gasteiger partial charge in [-0.1, -0.05) is 6.07 Å². The SMILES string of the molecule is CN(C)CCCNC(=O)c1cccc(C(F)(F)F)c1N. The number of hydrogen-bond acceptors (Lipinski definition) is 3. The van der Waals surface area contributed by atoms with Crippen LogP contribution in [-0.4, -0.2) is 38.0 Å². The van der Waals surface area contributed by atoms with Gasteiger partial charge in [0.1, 0.15) is 0 Å². The van der Waals surface area contributed by atoms with Gasteiger partial charge in [-0.05, 0) is 39.2 Å². The Hall–Kier alpha value is -1.76. The molecule has 20 heavy (non-hydrogen) atoms. The smallest absolute Gasteiger partial charge is 0.398 e. The van der Waals surface area contributed by atoms with Crippen molar-refractivity contribution in [3.8, 4) is 0 Å². The fourth-order valence-electron chi connectivity index (χ4n) is 1.70. The maximum atomic E-state index is 12.7. The molecule has 3 N–H and O–H groups in total. The normalized spacial score (nSPS) is 11.7. The van der Waals surface area contributed by atoms with Gasteiger partial charge in [-0.3, -0.25) is 4.79 Å². The summed E-state index contributed by atoms with van der Waals surface area (Å²) in [6.07, 6.45) is -3.86. The van der Waals surface area contributed by atoms with Crippen molar-refractivity contribution in [2.75, 3.05) is 32.9 Å². The number of anilines is 1. The van der Waals surface area contributed by atoms with Gasteiger partial charge >= 0.3 is 6.18 Å². The number of alkyl halides is 3. The summed E-state index contributed by atoms with van der Waals surface area (Å²) in [5.41, 5.74) is 3.76. The minimum absolute atomic E-state index is 0.148. The second kappa shape index (κ2) is 6.60. The highest BCUT2D eigenvalue weighted by Gasteiger charge is 2.34. The highest BCUT2D eigenvalue weighted by atomic mass is 19.4. The van der Waals surface area contributed by atoms with Gasteiger partial charge in [0.2, 0.25) is 0 Å². The fourth-order valence-corrected chi connectivity index (χ4v) is 1.70. The van der Waals surface area contributed by atoms with Gasteiger partial charge in [0.25, 0.3) is 5.91 Å². The third kappa shape index (κ3) is 4.41. The van der Waals surface area contributed by atoms with Crippen LogP contribution < -0.4 is 11.1 Å². The van der Waals surface area contributed by atoms with Crippen molar-refractivity contribution in [2.45, 2.75) is 12.6 Å². The van der Waals surface area contributed by atoms with Crippen LogP contribution in [-0.2, 0) is 6.18 Å². The molecular formula is C13H18F3N3O. The highest BCUT2D eigenvalue weighted by Crippen LogP contribution is 2.34. The summed E-state index contributed by atoms with van der Waals surface area (Å²) >= 11 is 0. The van der Waals surface area contributed by atoms with Crippen LogP contribution in [0.4, 0.5) is 18.9 Å². The van der Waals surface area contributed by atoms with Crippen molar-refractivity contribution >= 4 is 11.6 Å². The predicted octanol–water partition coefficient (Wildman–Crippen LogP) is 1.97. The van der Waals surface area contributed by atoms with Crippen LogP contribution in [0.1, 0.15) is 22.3 Å². The molecule has 0 saturated heterocycles. The van der Waals surface area contributed by atoms with E-state index in [1.807, 2.05) is 19.0 Å². The summed E-state index contributed by atoms with van der Waals surface area (Å²) in [4.78, 5) is 13.8. The van der Waals surface area contributed by atoms with Crippen LogP contribution in [0.2, 0.25) is 0 Å². The van der Waals surface area contributed by atoms with Crippen molar-refractivity contribution in [2.24, 2.45) is 0 Å². The predicted molar refractivity (Wildman–Crippen MR) is 71.4 cm³/mol. The van der Waals surface area contributed by atoms with E-state index in [-0.39, 0.29) is 5.56 Å². The van der Waals surface area contributed by atoms with Gasteiger partial charge in [0, 0.05) is 6.54 Å². The third-order valence-electron chi connectivity index (χ3n) is 2.72. The van der Waals surface area contributed by atoms with Gasteiger partial charge in [-0.25, -0.2) is 0 Å². The molecule has 0 fully saturated rings. The lowest BCUT2D eigenvalue weighted by atomic mass is 10.1. The van der Waals surface area contributed by atoms with E-state index in [2.05, 4.69) is 5.32 Å². The number of carbonyl (C=O) groups excluding carboxylic acids is 1. The Morgan fingerprint density at radius 2 is 2.00 bits per heavy atom. The minimum atomic E-state index is -4.56. The molecule has 112 valence electrons. The minimum Gasteiger partial charge on any atom is -0.398 e. The molecule has 0 aliphatic heterocycles. The molecule has 0 aliphatic rings. The van der Waals surface area contributed by atoms with Crippen molar-refractivity contribution in [3.63, 3.8) is 0 Å². The van der Waals surface area contributed by atoms with E-state index in [1.165, 1.54) is 12.1 Å². The van der Waals surface area contributed by atoms with Crippen molar-refractivity contribution in [1.29, 1.82) is 0 Å². The molecule has 0 atom stereocenters. The summed E-state index contributed by atoms with van der Waals surface area (Å²) in [5.74, 6) is -0.590. The molecule has 0 aromatic heterocycles. The Balaban J connectivity index is 2.74. The molecule has 1 rings (SSSR count). The molecule has 0 bridgehead atoms. The zero-order valence-corrected chi connectivity index (χ0v) is 11.4. The second-order valence-electron chi connectivity index (χ2n) is 4.68. The molecule has 4 nitrogen and oxygen atoms in total. The maximum Gasteiger partial charge on any atom is 0.418 e. The Morgan fingerprint density at radius 3 is 2.55 bits per heavy atom. The molecular weight excluding hydrogens is 271 g/mol. The maximum absolute atomic E-state index is 12.7. The van der Waals surface area contributed by atoms with E-state index in [0.717, 1.165) is 12.6 Å². The quantitative estimate of drug-likeness (QED) is 0.643. The van der Waals surface area contributed by atoms with Gasteiger partial charge in [0.15, 0.2) is 0 Å². The number of carbonyl (C=O) groups is 1. The summed E-state index contributed by atoms with van der Waals surface area (Å²) < 4.78 is 38.0. The third-order valence-corrected chi connectivity index (χ3v) is 2.72. The van der Waals surface area contributed by atoms with Gasteiger partial charge in [0.05, 0.1) is 16.8 Å².